The van der Waals surface area contributed by atoms with Gasteiger partial charge in [0.05, 0.1) is 26.4 Å². The molecule has 2 aromatic carbocycles. The molecule has 1 saturated heterocycles. The van der Waals surface area contributed by atoms with Gasteiger partial charge in [-0.3, -0.25) is 14.4 Å². The molecule has 2 aromatic rings. The van der Waals surface area contributed by atoms with Crippen molar-refractivity contribution in [1.29, 1.82) is 0 Å². The molecule has 300 valence electrons. The maximum atomic E-state index is 14.2. The van der Waals surface area contributed by atoms with E-state index >= 15 is 0 Å². The summed E-state index contributed by atoms with van der Waals surface area (Å²) >= 11 is 0. The summed E-state index contributed by atoms with van der Waals surface area (Å²) in [5.41, 5.74) is 3.29. The molecule has 0 spiro atoms. The number of nitrogens with zero attached hydrogens (tertiary/aromatic N) is 2. The van der Waals surface area contributed by atoms with Crippen LogP contribution in [0.2, 0.25) is 0 Å². The van der Waals surface area contributed by atoms with E-state index in [0.717, 1.165) is 62.0 Å². The molecule has 4 N–H and O–H groups in total. The van der Waals surface area contributed by atoms with Crippen LogP contribution in [0.3, 0.4) is 0 Å². The first-order valence-electron chi connectivity index (χ1n) is 20.6. The van der Waals surface area contributed by atoms with Crippen molar-refractivity contribution in [2.75, 3.05) is 33.4 Å². The molecule has 3 saturated carbocycles. The van der Waals surface area contributed by atoms with E-state index in [2.05, 4.69) is 64.0 Å². The number of amides is 2. The van der Waals surface area contributed by atoms with Crippen LogP contribution in [-0.2, 0) is 16.2 Å². The van der Waals surface area contributed by atoms with Crippen LogP contribution in [0, 0.1) is 35.0 Å². The normalized spacial score (nSPS) is 27.4. The summed E-state index contributed by atoms with van der Waals surface area (Å²) in [5, 5.41) is 29.6. The van der Waals surface area contributed by atoms with Gasteiger partial charge in [0.25, 0.3) is 5.91 Å². The minimum Gasteiger partial charge on any atom is -0.496 e. The van der Waals surface area contributed by atoms with E-state index in [1.165, 1.54) is 6.42 Å². The number of hydrogen-bond donors (Lipinski definition) is 4. The summed E-state index contributed by atoms with van der Waals surface area (Å²) in [6, 6.07) is 12.7. The summed E-state index contributed by atoms with van der Waals surface area (Å²) in [4.78, 5) is 36.7. The quantitative estimate of drug-likeness (QED) is 0.140. The average Bonchev–Trinajstić information content (AvgIpc) is 3.50. The van der Waals surface area contributed by atoms with Gasteiger partial charge in [-0.05, 0) is 98.9 Å². The summed E-state index contributed by atoms with van der Waals surface area (Å²) in [7, 11) is 1.62. The Morgan fingerprint density at radius 2 is 1.78 bits per heavy atom. The lowest BCUT2D eigenvalue weighted by Gasteiger charge is -2.62. The Balaban J connectivity index is 1.37. The van der Waals surface area contributed by atoms with Gasteiger partial charge in [-0.15, -0.1) is 0 Å². The molecule has 0 radical (unpaired) electrons. The monoisotopic (exact) mass is 749 g/mol. The molecule has 9 atom stereocenters. The number of rotatable bonds is 18. The maximum absolute atomic E-state index is 14.2. The number of hydroxylamine groups is 2. The van der Waals surface area contributed by atoms with Crippen molar-refractivity contribution < 1.29 is 29.4 Å². The number of methoxy groups -OCH3 is 1. The van der Waals surface area contributed by atoms with Crippen LogP contribution in [0.5, 0.6) is 5.75 Å². The topological polar surface area (TPSA) is 124 Å². The van der Waals surface area contributed by atoms with Crippen LogP contribution >= 0.6 is 0 Å². The number of nitrogens with one attached hydrogen (secondary N) is 2. The number of aliphatic hydroxyl groups is 2. The smallest absolute Gasteiger partial charge is 0.251 e. The van der Waals surface area contributed by atoms with Crippen LogP contribution in [0.1, 0.15) is 103 Å². The van der Waals surface area contributed by atoms with E-state index in [1.54, 1.807) is 19.1 Å². The number of fused-ring (bicyclic) bond motifs is 2. The second kappa shape index (κ2) is 18.3. The van der Waals surface area contributed by atoms with E-state index in [9.17, 15) is 19.8 Å². The molecule has 10 nitrogen and oxygen atoms in total. The SMILES string of the molecule is CCCN(CCC)C[C@@H](CC(C)C)NC(=O)c1cccc(-c2cccc(CN3O[C@@H](CO)[C@H]([C@H](C)O)[C@H]3C(=O)N[C@H]3C[C@H]4C[C@@H]([C@@H]3C)C4(C)C)c2OC)c1. The van der Waals surface area contributed by atoms with Crippen LogP contribution in [-0.4, -0.2) is 95.7 Å². The number of carbonyl (C=O) groups excluding carboxylic acids is 2. The molecular weight excluding hydrogens is 681 g/mol. The molecule has 1 heterocycles. The Morgan fingerprint density at radius 1 is 1.07 bits per heavy atom. The Bertz CT molecular complexity index is 1560. The third kappa shape index (κ3) is 9.15. The Kier molecular flexibility index (Phi) is 14.3. The molecule has 0 aromatic heterocycles. The molecule has 2 amide bonds. The number of aliphatic hydroxyl groups excluding tert-OH is 2. The molecule has 10 heteroatoms. The van der Waals surface area contributed by atoms with Gasteiger partial charge in [0, 0.05) is 41.2 Å². The average molecular weight is 749 g/mol. The van der Waals surface area contributed by atoms with Gasteiger partial charge in [-0.25, -0.2) is 0 Å². The number of benzene rings is 2. The van der Waals surface area contributed by atoms with Crippen molar-refractivity contribution in [2.45, 2.75) is 124 Å². The summed E-state index contributed by atoms with van der Waals surface area (Å²) < 4.78 is 6.05. The van der Waals surface area contributed by atoms with Crippen molar-refractivity contribution >= 4 is 11.8 Å². The first kappa shape index (κ1) is 42.1. The first-order chi connectivity index (χ1) is 25.7. The lowest BCUT2D eigenvalue weighted by molar-refractivity contribution is -0.183. The third-order valence-electron chi connectivity index (χ3n) is 12.8. The van der Waals surface area contributed by atoms with Gasteiger partial charge in [0.15, 0.2) is 0 Å². The number of ether oxygens (including phenoxy) is 1. The largest absolute Gasteiger partial charge is 0.496 e. The highest BCUT2D eigenvalue weighted by Crippen LogP contribution is 2.61. The van der Waals surface area contributed by atoms with Crippen LogP contribution in [0.15, 0.2) is 42.5 Å². The zero-order valence-corrected chi connectivity index (χ0v) is 34.3. The fourth-order valence-corrected chi connectivity index (χ4v) is 9.91. The molecule has 6 rings (SSSR count). The van der Waals surface area contributed by atoms with Crippen LogP contribution < -0.4 is 15.4 Å². The second-order valence-electron chi connectivity index (χ2n) is 17.4. The van der Waals surface area contributed by atoms with E-state index in [1.807, 2.05) is 42.5 Å². The fourth-order valence-electron chi connectivity index (χ4n) is 9.91. The second-order valence-corrected chi connectivity index (χ2v) is 17.4. The standard InChI is InChI=1S/C44H68N4O6/c1-10-18-47(19-11-2)25-34(20-27(3)4)45-42(51)31-15-12-14-30(21-31)35-17-13-16-32(41(35)53-9)24-48-40(39(29(6)50)38(26-49)54-48)43(52)46-37-23-33-22-36(28(37)5)44(33,7)8/h12-17,21,27-29,33-34,36-40,49-50H,10-11,18-20,22-26H2,1-9H3,(H,45,51)(H,46,52)/t28-,29-,33+,34+,36-,37-,38-,39-,40-/m0/s1. The highest BCUT2D eigenvalue weighted by Gasteiger charge is 2.57. The number of carbonyl (C=O) groups is 2. The zero-order chi connectivity index (χ0) is 39.3. The van der Waals surface area contributed by atoms with Crippen molar-refractivity contribution in [1.82, 2.24) is 20.6 Å². The molecule has 2 bridgehead atoms. The zero-order valence-electron chi connectivity index (χ0n) is 34.3. The van der Waals surface area contributed by atoms with Gasteiger partial charge in [-0.2, -0.15) is 5.06 Å². The molecule has 3 aliphatic carbocycles. The molecular formula is C44H68N4O6. The molecule has 1 aliphatic heterocycles. The van der Waals surface area contributed by atoms with E-state index in [0.29, 0.717) is 40.4 Å². The summed E-state index contributed by atoms with van der Waals surface area (Å²) in [6.07, 6.45) is 3.57. The van der Waals surface area contributed by atoms with Gasteiger partial charge in [0.1, 0.15) is 17.9 Å². The fraction of sp³-hybridized carbons (Fsp3) is 0.682. The van der Waals surface area contributed by atoms with Crippen molar-refractivity contribution in [2.24, 2.45) is 35.0 Å². The lowest BCUT2D eigenvalue weighted by Crippen LogP contribution is -2.62. The van der Waals surface area contributed by atoms with E-state index in [-0.39, 0.29) is 37.0 Å². The van der Waals surface area contributed by atoms with Crippen LogP contribution in [0.25, 0.3) is 11.1 Å². The molecule has 4 aliphatic rings. The molecule has 4 fully saturated rings. The Hall–Kier alpha value is -3.02. The van der Waals surface area contributed by atoms with Gasteiger partial charge >= 0.3 is 0 Å². The predicted octanol–water partition coefficient (Wildman–Crippen LogP) is 6.29. The van der Waals surface area contributed by atoms with Crippen molar-refractivity contribution in [3.63, 3.8) is 0 Å². The highest BCUT2D eigenvalue weighted by atomic mass is 16.7. The van der Waals surface area contributed by atoms with E-state index < -0.39 is 24.2 Å². The van der Waals surface area contributed by atoms with Gasteiger partial charge in [-0.1, -0.05) is 78.8 Å². The first-order valence-corrected chi connectivity index (χ1v) is 20.6. The third-order valence-corrected chi connectivity index (χ3v) is 12.8. The summed E-state index contributed by atoms with van der Waals surface area (Å²) in [6.45, 7) is 20.1. The number of para-hydroxylation sites is 1. The highest BCUT2D eigenvalue weighted by molar-refractivity contribution is 5.96. The number of hydrogen-bond acceptors (Lipinski definition) is 8. The Labute approximate surface area is 324 Å². The minimum absolute atomic E-state index is 0.0369. The van der Waals surface area contributed by atoms with Crippen molar-refractivity contribution in [3.05, 3.63) is 53.6 Å². The molecule has 54 heavy (non-hydrogen) atoms. The molecule has 0 unspecified atom stereocenters. The van der Waals surface area contributed by atoms with Gasteiger partial charge in [0.2, 0.25) is 5.91 Å². The lowest BCUT2D eigenvalue weighted by atomic mass is 9.45. The Morgan fingerprint density at radius 3 is 2.37 bits per heavy atom. The van der Waals surface area contributed by atoms with Crippen molar-refractivity contribution in [3.8, 4) is 16.9 Å². The van der Waals surface area contributed by atoms with E-state index in [4.69, 9.17) is 9.57 Å². The maximum Gasteiger partial charge on any atom is 0.251 e. The minimum atomic E-state index is -0.886. The van der Waals surface area contributed by atoms with Crippen LogP contribution in [0.4, 0.5) is 0 Å². The predicted molar refractivity (Wildman–Crippen MR) is 214 cm³/mol. The summed E-state index contributed by atoms with van der Waals surface area (Å²) in [5.74, 6) is 1.63. The van der Waals surface area contributed by atoms with Gasteiger partial charge < -0.3 is 30.5 Å².